The first-order valence-corrected chi connectivity index (χ1v) is 10.9. The van der Waals surface area contributed by atoms with Crippen LogP contribution in [-0.2, 0) is 4.74 Å². The van der Waals surface area contributed by atoms with Crippen LogP contribution in [0.15, 0.2) is 36.4 Å². The highest BCUT2D eigenvalue weighted by Gasteiger charge is 2.30. The Morgan fingerprint density at radius 3 is 2.28 bits per heavy atom. The summed E-state index contributed by atoms with van der Waals surface area (Å²) in [7, 11) is 0. The van der Waals surface area contributed by atoms with Crippen LogP contribution in [0.25, 0.3) is 11.1 Å². The lowest BCUT2D eigenvalue weighted by Gasteiger charge is -2.33. The number of hydrogen-bond donors (Lipinski definition) is 0. The van der Waals surface area contributed by atoms with Crippen molar-refractivity contribution in [1.29, 1.82) is 0 Å². The van der Waals surface area contributed by atoms with Crippen molar-refractivity contribution in [2.75, 3.05) is 13.1 Å². The van der Waals surface area contributed by atoms with Crippen molar-refractivity contribution in [2.45, 2.75) is 45.3 Å². The molecule has 1 aliphatic heterocycles. The molecule has 2 aromatic rings. The number of amides is 1. The molecule has 1 fully saturated rings. The number of hydrogen-bond acceptors (Lipinski definition) is 4. The van der Waals surface area contributed by atoms with Gasteiger partial charge in [0.2, 0.25) is 0 Å². The molecule has 0 bridgehead atoms. The van der Waals surface area contributed by atoms with Gasteiger partial charge in [-0.25, -0.2) is 4.79 Å². The zero-order chi connectivity index (χ0) is 20.8. The van der Waals surface area contributed by atoms with Gasteiger partial charge in [0, 0.05) is 40.6 Å². The smallest absolute Gasteiger partial charge is 0.410 e. The second kappa shape index (κ2) is 7.63. The molecule has 0 atom stereocenters. The van der Waals surface area contributed by atoms with Gasteiger partial charge < -0.3 is 14.4 Å². The molecule has 2 aliphatic rings. The van der Waals surface area contributed by atoms with E-state index >= 15 is 0 Å². The SMILES string of the molecule is CC(C)(C)OC(=O)N1CCC(Oc2ccc3c(c2)C(=O)c2cc(I)ccc2-3)CC1. The molecule has 5 nitrogen and oxygen atoms in total. The van der Waals surface area contributed by atoms with Gasteiger partial charge in [-0.15, -0.1) is 0 Å². The van der Waals surface area contributed by atoms with Crippen LogP contribution in [0, 0.1) is 3.57 Å². The van der Waals surface area contributed by atoms with Gasteiger partial charge in [0.15, 0.2) is 5.78 Å². The molecule has 1 heterocycles. The lowest BCUT2D eigenvalue weighted by Crippen LogP contribution is -2.44. The molecule has 1 amide bonds. The lowest BCUT2D eigenvalue weighted by atomic mass is 10.1. The van der Waals surface area contributed by atoms with Crippen LogP contribution in [0.4, 0.5) is 4.79 Å². The number of piperidine rings is 1. The quantitative estimate of drug-likeness (QED) is 0.445. The molecule has 0 unspecified atom stereocenters. The van der Waals surface area contributed by atoms with Crippen molar-refractivity contribution >= 4 is 34.5 Å². The summed E-state index contributed by atoms with van der Waals surface area (Å²) in [6.07, 6.45) is 1.23. The van der Waals surface area contributed by atoms with Gasteiger partial charge in [-0.05, 0) is 84.8 Å². The van der Waals surface area contributed by atoms with Gasteiger partial charge in [0.1, 0.15) is 17.5 Å². The maximum atomic E-state index is 12.8. The molecule has 0 saturated carbocycles. The second-order valence-electron chi connectivity index (χ2n) is 8.51. The van der Waals surface area contributed by atoms with E-state index in [0.717, 1.165) is 33.1 Å². The molecule has 29 heavy (non-hydrogen) atoms. The summed E-state index contributed by atoms with van der Waals surface area (Å²) in [5.74, 6) is 0.758. The van der Waals surface area contributed by atoms with E-state index in [1.165, 1.54) is 0 Å². The fourth-order valence-corrected chi connectivity index (χ4v) is 4.27. The molecule has 0 spiro atoms. The predicted octanol–water partition coefficient (Wildman–Crippen LogP) is 5.28. The highest BCUT2D eigenvalue weighted by atomic mass is 127. The summed E-state index contributed by atoms with van der Waals surface area (Å²) in [6.45, 7) is 6.82. The summed E-state index contributed by atoms with van der Waals surface area (Å²) in [6, 6.07) is 11.7. The lowest BCUT2D eigenvalue weighted by molar-refractivity contribution is 0.0126. The van der Waals surface area contributed by atoms with Crippen molar-refractivity contribution in [3.05, 3.63) is 51.1 Å². The highest BCUT2D eigenvalue weighted by Crippen LogP contribution is 2.39. The number of nitrogens with zero attached hydrogens (tertiary/aromatic N) is 1. The average Bonchev–Trinajstić information content (AvgIpc) is 2.92. The van der Waals surface area contributed by atoms with Crippen LogP contribution in [0.2, 0.25) is 0 Å². The van der Waals surface area contributed by atoms with E-state index in [0.29, 0.717) is 24.4 Å². The Bertz CT molecular complexity index is 971. The van der Waals surface area contributed by atoms with Gasteiger partial charge in [-0.2, -0.15) is 0 Å². The van der Waals surface area contributed by atoms with Crippen molar-refractivity contribution in [3.63, 3.8) is 0 Å². The van der Waals surface area contributed by atoms with E-state index in [-0.39, 0.29) is 18.0 Å². The molecular formula is C23H24INO4. The summed E-state index contributed by atoms with van der Waals surface area (Å²) < 4.78 is 12.6. The summed E-state index contributed by atoms with van der Waals surface area (Å²) >= 11 is 2.23. The number of ether oxygens (including phenoxy) is 2. The van der Waals surface area contributed by atoms with Gasteiger partial charge >= 0.3 is 6.09 Å². The average molecular weight is 505 g/mol. The molecule has 6 heteroatoms. The first-order chi connectivity index (χ1) is 13.7. The zero-order valence-corrected chi connectivity index (χ0v) is 19.0. The summed E-state index contributed by atoms with van der Waals surface area (Å²) in [5.41, 5.74) is 2.92. The standard InChI is InChI=1S/C23H24INO4/c1-23(2,3)29-22(27)25-10-8-15(9-11-25)28-16-5-7-18-17-6-4-14(24)12-19(17)21(26)20(18)13-16/h4-7,12-13,15H,8-11H2,1-3H3. The third-order valence-corrected chi connectivity index (χ3v) is 5.82. The zero-order valence-electron chi connectivity index (χ0n) is 16.8. The summed E-state index contributed by atoms with van der Waals surface area (Å²) in [5, 5.41) is 0. The Balaban J connectivity index is 1.41. The van der Waals surface area contributed by atoms with Gasteiger partial charge in [-0.1, -0.05) is 6.07 Å². The monoisotopic (exact) mass is 505 g/mol. The number of fused-ring (bicyclic) bond motifs is 3. The second-order valence-corrected chi connectivity index (χ2v) is 9.76. The normalized spacial score (nSPS) is 16.4. The first kappa shape index (κ1) is 20.2. The Morgan fingerprint density at radius 2 is 1.62 bits per heavy atom. The van der Waals surface area contributed by atoms with Crippen LogP contribution >= 0.6 is 22.6 Å². The Labute approximate surface area is 184 Å². The molecule has 2 aromatic carbocycles. The molecule has 152 valence electrons. The van der Waals surface area contributed by atoms with Crippen molar-refractivity contribution in [3.8, 4) is 16.9 Å². The highest BCUT2D eigenvalue weighted by molar-refractivity contribution is 14.1. The largest absolute Gasteiger partial charge is 0.490 e. The fourth-order valence-electron chi connectivity index (χ4n) is 3.78. The molecule has 0 N–H and O–H groups in total. The van der Waals surface area contributed by atoms with E-state index in [4.69, 9.17) is 9.47 Å². The Kier molecular flexibility index (Phi) is 5.31. The van der Waals surface area contributed by atoms with E-state index in [9.17, 15) is 9.59 Å². The molecule has 4 rings (SSSR count). The van der Waals surface area contributed by atoms with E-state index in [1.807, 2.05) is 57.2 Å². The topological polar surface area (TPSA) is 55.8 Å². The van der Waals surface area contributed by atoms with Crippen LogP contribution < -0.4 is 4.74 Å². The van der Waals surface area contributed by atoms with Crippen LogP contribution in [0.3, 0.4) is 0 Å². The Hall–Kier alpha value is -2.09. The maximum absolute atomic E-state index is 12.8. The van der Waals surface area contributed by atoms with Crippen molar-refractivity contribution in [1.82, 2.24) is 4.90 Å². The third kappa shape index (κ3) is 4.27. The Morgan fingerprint density at radius 1 is 1.00 bits per heavy atom. The van der Waals surface area contributed by atoms with E-state index < -0.39 is 5.60 Å². The minimum Gasteiger partial charge on any atom is -0.490 e. The van der Waals surface area contributed by atoms with Crippen molar-refractivity contribution in [2.24, 2.45) is 0 Å². The van der Waals surface area contributed by atoms with Crippen molar-refractivity contribution < 1.29 is 19.1 Å². The van der Waals surface area contributed by atoms with Crippen LogP contribution in [-0.4, -0.2) is 41.6 Å². The molecule has 1 aliphatic carbocycles. The molecular weight excluding hydrogens is 481 g/mol. The van der Waals surface area contributed by atoms with E-state index in [2.05, 4.69) is 22.6 Å². The maximum Gasteiger partial charge on any atom is 0.410 e. The van der Waals surface area contributed by atoms with Gasteiger partial charge in [-0.3, -0.25) is 4.79 Å². The van der Waals surface area contributed by atoms with Crippen LogP contribution in [0.1, 0.15) is 49.5 Å². The first-order valence-electron chi connectivity index (χ1n) is 9.84. The molecule has 0 radical (unpaired) electrons. The number of rotatable bonds is 2. The van der Waals surface area contributed by atoms with E-state index in [1.54, 1.807) is 4.90 Å². The molecule has 0 aromatic heterocycles. The number of likely N-dealkylation sites (tertiary alicyclic amines) is 1. The number of benzene rings is 2. The van der Waals surface area contributed by atoms with Gasteiger partial charge in [0.25, 0.3) is 0 Å². The minimum absolute atomic E-state index is 0.0200. The predicted molar refractivity (Wildman–Crippen MR) is 119 cm³/mol. The fraction of sp³-hybridized carbons (Fsp3) is 0.391. The number of carbonyl (C=O) groups is 2. The number of halogens is 1. The van der Waals surface area contributed by atoms with Gasteiger partial charge in [0.05, 0.1) is 0 Å². The van der Waals surface area contributed by atoms with Crippen LogP contribution in [0.5, 0.6) is 5.75 Å². The number of ketones is 1. The third-order valence-electron chi connectivity index (χ3n) is 5.15. The molecule has 1 saturated heterocycles. The minimum atomic E-state index is -0.489. The number of carbonyl (C=O) groups excluding carboxylic acids is 2. The summed E-state index contributed by atoms with van der Waals surface area (Å²) in [4.78, 5) is 26.7.